The van der Waals surface area contributed by atoms with E-state index in [0.29, 0.717) is 5.69 Å². The number of benzene rings is 1. The molecule has 2 rings (SSSR count). The van der Waals surface area contributed by atoms with Gasteiger partial charge in [0.05, 0.1) is 5.02 Å². The largest absolute Gasteiger partial charge is 0.433 e. The van der Waals surface area contributed by atoms with Gasteiger partial charge in [-0.2, -0.15) is 13.9 Å². The summed E-state index contributed by atoms with van der Waals surface area (Å²) in [5.41, 5.74) is 1.23. The first-order valence-corrected chi connectivity index (χ1v) is 6.81. The van der Waals surface area contributed by atoms with E-state index < -0.39 is 12.7 Å². The highest BCUT2D eigenvalue weighted by Gasteiger charge is 2.17. The van der Waals surface area contributed by atoms with Crippen LogP contribution in [0.2, 0.25) is 5.02 Å². The topological polar surface area (TPSA) is 56.2 Å². The van der Waals surface area contributed by atoms with Gasteiger partial charge in [0.1, 0.15) is 11.8 Å². The molecule has 1 aromatic heterocycles. The molecule has 0 saturated carbocycles. The molecule has 22 heavy (non-hydrogen) atoms. The molecule has 0 bridgehead atoms. The van der Waals surface area contributed by atoms with Gasteiger partial charge < -0.3 is 10.1 Å². The summed E-state index contributed by atoms with van der Waals surface area (Å²) in [4.78, 5) is 12.2. The van der Waals surface area contributed by atoms with Crippen molar-refractivity contribution in [3.05, 3.63) is 41.2 Å². The van der Waals surface area contributed by atoms with E-state index >= 15 is 0 Å². The van der Waals surface area contributed by atoms with Crippen molar-refractivity contribution in [3.8, 4) is 5.75 Å². The molecule has 5 nitrogen and oxygen atoms in total. The van der Waals surface area contributed by atoms with Crippen molar-refractivity contribution in [1.82, 2.24) is 9.78 Å². The number of amides is 1. The van der Waals surface area contributed by atoms with E-state index in [1.54, 1.807) is 23.9 Å². The number of aromatic nitrogens is 2. The number of nitrogens with zero attached hydrogens (tertiary/aromatic N) is 2. The van der Waals surface area contributed by atoms with Gasteiger partial charge in [-0.1, -0.05) is 11.6 Å². The smallest absolute Gasteiger partial charge is 0.387 e. The van der Waals surface area contributed by atoms with E-state index in [4.69, 9.17) is 11.6 Å². The molecule has 1 atom stereocenters. The second-order valence-corrected chi connectivity index (χ2v) is 5.01. The van der Waals surface area contributed by atoms with Crippen LogP contribution in [0.1, 0.15) is 18.7 Å². The second-order valence-electron chi connectivity index (χ2n) is 4.61. The zero-order valence-electron chi connectivity index (χ0n) is 11.9. The molecule has 1 aromatic carbocycles. The molecular weight excluding hydrogens is 316 g/mol. The van der Waals surface area contributed by atoms with E-state index in [1.807, 2.05) is 6.92 Å². The number of anilines is 1. The van der Waals surface area contributed by atoms with Crippen molar-refractivity contribution in [3.63, 3.8) is 0 Å². The first-order chi connectivity index (χ1) is 10.4. The number of rotatable bonds is 5. The van der Waals surface area contributed by atoms with Gasteiger partial charge in [0.2, 0.25) is 5.91 Å². The lowest BCUT2D eigenvalue weighted by Crippen LogP contribution is -2.25. The minimum Gasteiger partial charge on any atom is -0.433 e. The molecule has 1 heterocycles. The maximum atomic E-state index is 12.2. The average Bonchev–Trinajstić information content (AvgIpc) is 2.86. The number of alkyl halides is 2. The van der Waals surface area contributed by atoms with Crippen molar-refractivity contribution in [2.24, 2.45) is 0 Å². The van der Waals surface area contributed by atoms with E-state index in [1.165, 1.54) is 18.2 Å². The van der Waals surface area contributed by atoms with E-state index in [2.05, 4.69) is 15.2 Å². The Morgan fingerprint density at radius 2 is 2.14 bits per heavy atom. The molecule has 1 N–H and O–H groups in total. The number of nitrogens with one attached hydrogen (secondary N) is 1. The van der Waals surface area contributed by atoms with Gasteiger partial charge >= 0.3 is 6.61 Å². The minimum atomic E-state index is -2.96. The van der Waals surface area contributed by atoms with E-state index in [-0.39, 0.29) is 16.7 Å². The van der Waals surface area contributed by atoms with Crippen LogP contribution in [0.3, 0.4) is 0 Å². The van der Waals surface area contributed by atoms with Gasteiger partial charge in [-0.25, -0.2) is 0 Å². The Morgan fingerprint density at radius 3 is 2.68 bits per heavy atom. The molecule has 0 aliphatic carbocycles. The van der Waals surface area contributed by atoms with Crippen LogP contribution in [0.25, 0.3) is 0 Å². The van der Waals surface area contributed by atoms with Crippen molar-refractivity contribution in [2.45, 2.75) is 26.5 Å². The highest BCUT2D eigenvalue weighted by molar-refractivity contribution is 6.32. The summed E-state index contributed by atoms with van der Waals surface area (Å²) < 4.78 is 30.1. The first kappa shape index (κ1) is 16.2. The van der Waals surface area contributed by atoms with Crippen LogP contribution < -0.4 is 10.1 Å². The van der Waals surface area contributed by atoms with Gasteiger partial charge in [-0.15, -0.1) is 0 Å². The summed E-state index contributed by atoms with van der Waals surface area (Å²) >= 11 is 5.83. The molecule has 1 unspecified atom stereocenters. The minimum absolute atomic E-state index is 0.0129. The summed E-state index contributed by atoms with van der Waals surface area (Å²) in [5.74, 6) is -0.448. The predicted octanol–water partition coefficient (Wildman–Crippen LogP) is 3.65. The van der Waals surface area contributed by atoms with Crippen LogP contribution in [-0.2, 0) is 4.79 Å². The Labute approximate surface area is 130 Å². The summed E-state index contributed by atoms with van der Waals surface area (Å²) in [5, 5.41) is 6.71. The van der Waals surface area contributed by atoms with Gasteiger partial charge in [-0.05, 0) is 38.1 Å². The normalized spacial score (nSPS) is 12.3. The molecule has 1 amide bonds. The summed E-state index contributed by atoms with van der Waals surface area (Å²) in [7, 11) is 0. The molecule has 0 radical (unpaired) electrons. The fourth-order valence-corrected chi connectivity index (χ4v) is 2.14. The molecule has 0 aliphatic rings. The van der Waals surface area contributed by atoms with Crippen LogP contribution in [-0.4, -0.2) is 22.3 Å². The molecule has 0 spiro atoms. The highest BCUT2D eigenvalue weighted by Crippen LogP contribution is 2.29. The Hall–Kier alpha value is -2.15. The van der Waals surface area contributed by atoms with Crippen molar-refractivity contribution in [1.29, 1.82) is 0 Å². The third-order valence-corrected chi connectivity index (χ3v) is 3.33. The second kappa shape index (κ2) is 6.74. The lowest BCUT2D eigenvalue weighted by molar-refractivity contribution is -0.119. The van der Waals surface area contributed by atoms with Crippen LogP contribution in [0.4, 0.5) is 14.5 Å². The predicted molar refractivity (Wildman–Crippen MR) is 78.4 cm³/mol. The molecule has 0 fully saturated rings. The van der Waals surface area contributed by atoms with Crippen LogP contribution in [0, 0.1) is 6.92 Å². The van der Waals surface area contributed by atoms with E-state index in [0.717, 1.165) is 5.69 Å². The van der Waals surface area contributed by atoms with Gasteiger partial charge in [-0.3, -0.25) is 9.48 Å². The molecule has 118 valence electrons. The number of hydrogen-bond donors (Lipinski definition) is 1. The fraction of sp³-hybridized carbons (Fsp3) is 0.286. The summed E-state index contributed by atoms with van der Waals surface area (Å²) in [6.45, 7) is 0.579. The molecule has 0 aliphatic heterocycles. The average molecular weight is 330 g/mol. The van der Waals surface area contributed by atoms with Crippen LogP contribution >= 0.6 is 11.6 Å². The van der Waals surface area contributed by atoms with Crippen LogP contribution in [0.15, 0.2) is 30.5 Å². The first-order valence-electron chi connectivity index (χ1n) is 6.44. The van der Waals surface area contributed by atoms with Gasteiger partial charge in [0.25, 0.3) is 0 Å². The monoisotopic (exact) mass is 329 g/mol. The third-order valence-electron chi connectivity index (χ3n) is 3.03. The zero-order chi connectivity index (χ0) is 16.3. The summed E-state index contributed by atoms with van der Waals surface area (Å²) in [6, 6.07) is 5.32. The number of ether oxygens (including phenoxy) is 1. The number of carbonyl (C=O) groups is 1. The van der Waals surface area contributed by atoms with E-state index in [9.17, 15) is 13.6 Å². The Bertz CT molecular complexity index is 676. The Balaban J connectivity index is 2.09. The fourth-order valence-electron chi connectivity index (χ4n) is 1.91. The number of carbonyl (C=O) groups excluding carboxylic acids is 1. The standard InChI is InChI=1S/C14H14ClF2N3O2/c1-8-5-6-18-20(8)9(2)13(21)19-10-3-4-12(11(15)7-10)22-14(16)17/h3-7,9,14H,1-2H3,(H,19,21). The Kier molecular flexibility index (Phi) is 4.97. The molecule has 0 saturated heterocycles. The number of halogens is 3. The zero-order valence-corrected chi connectivity index (χ0v) is 12.6. The van der Waals surface area contributed by atoms with Crippen molar-refractivity contribution >= 4 is 23.2 Å². The third kappa shape index (κ3) is 3.73. The van der Waals surface area contributed by atoms with Crippen LogP contribution in [0.5, 0.6) is 5.75 Å². The summed E-state index contributed by atoms with van der Waals surface area (Å²) in [6.07, 6.45) is 1.60. The lowest BCUT2D eigenvalue weighted by atomic mass is 10.2. The number of aryl methyl sites for hydroxylation is 1. The molecule has 8 heteroatoms. The molecule has 2 aromatic rings. The Morgan fingerprint density at radius 1 is 1.41 bits per heavy atom. The van der Waals surface area contributed by atoms with Crippen molar-refractivity contribution in [2.75, 3.05) is 5.32 Å². The maximum Gasteiger partial charge on any atom is 0.387 e. The van der Waals surface area contributed by atoms with Gasteiger partial charge in [0.15, 0.2) is 0 Å². The quantitative estimate of drug-likeness (QED) is 0.911. The maximum absolute atomic E-state index is 12.2. The SMILES string of the molecule is Cc1ccnn1C(C)C(=O)Nc1ccc(OC(F)F)c(Cl)c1. The van der Waals surface area contributed by atoms with Crippen molar-refractivity contribution < 1.29 is 18.3 Å². The molecular formula is C14H14ClF2N3O2. The highest BCUT2D eigenvalue weighted by atomic mass is 35.5. The van der Waals surface area contributed by atoms with Gasteiger partial charge in [0, 0.05) is 17.6 Å². The number of hydrogen-bond acceptors (Lipinski definition) is 3. The lowest BCUT2D eigenvalue weighted by Gasteiger charge is -2.15.